The molecule has 7 nitrogen and oxygen atoms in total. The SMILES string of the molecule is O=[N+]([O-])c1cc(/C=N\OCCSc2ccc(F)cc2)ccc1N1CCOCC1. The van der Waals surface area contributed by atoms with Gasteiger partial charge in [-0.3, -0.25) is 10.1 Å². The van der Waals surface area contributed by atoms with E-state index < -0.39 is 0 Å². The van der Waals surface area contributed by atoms with Gasteiger partial charge in [-0.2, -0.15) is 0 Å². The Balaban J connectivity index is 1.52. The quantitative estimate of drug-likeness (QED) is 0.219. The number of nitrogens with zero attached hydrogens (tertiary/aromatic N) is 3. The third-order valence-electron chi connectivity index (χ3n) is 4.08. The molecule has 0 radical (unpaired) electrons. The first-order chi connectivity index (χ1) is 13.6. The molecule has 0 spiro atoms. The fourth-order valence-electron chi connectivity index (χ4n) is 2.72. The molecule has 0 amide bonds. The maximum absolute atomic E-state index is 12.8. The van der Waals surface area contributed by atoms with Crippen LogP contribution >= 0.6 is 11.8 Å². The molecular formula is C19H20FN3O4S. The van der Waals surface area contributed by atoms with Gasteiger partial charge >= 0.3 is 0 Å². The lowest BCUT2D eigenvalue weighted by Crippen LogP contribution is -2.36. The van der Waals surface area contributed by atoms with Gasteiger partial charge in [0.25, 0.3) is 5.69 Å². The molecule has 0 aliphatic carbocycles. The highest BCUT2D eigenvalue weighted by atomic mass is 32.2. The van der Waals surface area contributed by atoms with E-state index in [-0.39, 0.29) is 16.4 Å². The molecule has 0 aromatic heterocycles. The van der Waals surface area contributed by atoms with Crippen LogP contribution in [0.25, 0.3) is 0 Å². The van der Waals surface area contributed by atoms with Crippen molar-refractivity contribution in [2.75, 3.05) is 43.6 Å². The van der Waals surface area contributed by atoms with Gasteiger partial charge < -0.3 is 14.5 Å². The maximum Gasteiger partial charge on any atom is 0.293 e. The summed E-state index contributed by atoms with van der Waals surface area (Å²) in [7, 11) is 0. The van der Waals surface area contributed by atoms with Crippen molar-refractivity contribution in [1.29, 1.82) is 0 Å². The topological polar surface area (TPSA) is 77.2 Å². The van der Waals surface area contributed by atoms with Crippen molar-refractivity contribution >= 4 is 29.4 Å². The first kappa shape index (κ1) is 20.1. The zero-order chi connectivity index (χ0) is 19.8. The van der Waals surface area contributed by atoms with E-state index >= 15 is 0 Å². The minimum Gasteiger partial charge on any atom is -0.395 e. The third kappa shape index (κ3) is 5.67. The van der Waals surface area contributed by atoms with Crippen molar-refractivity contribution in [3.63, 3.8) is 0 Å². The summed E-state index contributed by atoms with van der Waals surface area (Å²) in [6.07, 6.45) is 1.46. The van der Waals surface area contributed by atoms with E-state index in [2.05, 4.69) is 5.16 Å². The second kappa shape index (κ2) is 10.0. The van der Waals surface area contributed by atoms with Gasteiger partial charge in [-0.15, -0.1) is 11.8 Å². The van der Waals surface area contributed by atoms with E-state index in [1.807, 2.05) is 4.90 Å². The largest absolute Gasteiger partial charge is 0.395 e. The highest BCUT2D eigenvalue weighted by molar-refractivity contribution is 7.99. The monoisotopic (exact) mass is 405 g/mol. The Morgan fingerprint density at radius 3 is 2.71 bits per heavy atom. The second-order valence-corrected chi connectivity index (χ2v) is 7.14. The molecule has 0 atom stereocenters. The summed E-state index contributed by atoms with van der Waals surface area (Å²) < 4.78 is 18.1. The number of anilines is 1. The summed E-state index contributed by atoms with van der Waals surface area (Å²) in [4.78, 5) is 19.2. The van der Waals surface area contributed by atoms with Crippen molar-refractivity contribution < 1.29 is 18.9 Å². The van der Waals surface area contributed by atoms with Crippen molar-refractivity contribution in [3.05, 3.63) is 64.0 Å². The van der Waals surface area contributed by atoms with Crippen LogP contribution in [0.15, 0.2) is 52.5 Å². The van der Waals surface area contributed by atoms with E-state index in [1.165, 1.54) is 36.2 Å². The molecule has 28 heavy (non-hydrogen) atoms. The number of rotatable bonds is 8. The predicted molar refractivity (Wildman–Crippen MR) is 107 cm³/mol. The van der Waals surface area contributed by atoms with Gasteiger partial charge in [-0.1, -0.05) is 11.2 Å². The summed E-state index contributed by atoms with van der Waals surface area (Å²) in [5.41, 5.74) is 1.22. The van der Waals surface area contributed by atoms with Crippen LogP contribution in [0.3, 0.4) is 0 Å². The van der Waals surface area contributed by atoms with Gasteiger partial charge in [-0.25, -0.2) is 4.39 Å². The van der Waals surface area contributed by atoms with Gasteiger partial charge in [0.1, 0.15) is 18.1 Å². The van der Waals surface area contributed by atoms with Gasteiger partial charge in [0.15, 0.2) is 0 Å². The van der Waals surface area contributed by atoms with Crippen molar-refractivity contribution in [1.82, 2.24) is 0 Å². The first-order valence-corrected chi connectivity index (χ1v) is 9.77. The number of morpholine rings is 1. The van der Waals surface area contributed by atoms with E-state index in [0.717, 1.165) is 4.90 Å². The average molecular weight is 405 g/mol. The first-order valence-electron chi connectivity index (χ1n) is 8.78. The zero-order valence-electron chi connectivity index (χ0n) is 15.1. The normalized spacial score (nSPS) is 14.4. The highest BCUT2D eigenvalue weighted by Gasteiger charge is 2.21. The van der Waals surface area contributed by atoms with Crippen LogP contribution in [0.4, 0.5) is 15.8 Å². The number of thioether (sulfide) groups is 1. The number of oxime groups is 1. The summed E-state index contributed by atoms with van der Waals surface area (Å²) in [6, 6.07) is 11.2. The number of hydrogen-bond donors (Lipinski definition) is 0. The summed E-state index contributed by atoms with van der Waals surface area (Å²) in [5.74, 6) is 0.387. The zero-order valence-corrected chi connectivity index (χ0v) is 15.9. The molecule has 1 aliphatic heterocycles. The number of nitro groups is 1. The lowest BCUT2D eigenvalue weighted by atomic mass is 10.1. The molecule has 0 unspecified atom stereocenters. The smallest absolute Gasteiger partial charge is 0.293 e. The maximum atomic E-state index is 12.8. The number of benzene rings is 2. The molecule has 1 fully saturated rings. The Bertz CT molecular complexity index is 826. The third-order valence-corrected chi connectivity index (χ3v) is 5.06. The van der Waals surface area contributed by atoms with Crippen LogP contribution in [0.5, 0.6) is 0 Å². The molecule has 1 saturated heterocycles. The number of ether oxygens (including phenoxy) is 1. The molecule has 3 rings (SSSR count). The molecule has 0 saturated carbocycles. The Hall–Kier alpha value is -2.65. The van der Waals surface area contributed by atoms with Crippen molar-refractivity contribution in [2.24, 2.45) is 5.16 Å². The standard InChI is InChI=1S/C19H20FN3O4S/c20-16-2-4-17(5-3-16)28-12-11-27-21-14-15-1-6-18(19(13-15)23(24)25)22-7-9-26-10-8-22/h1-6,13-14H,7-12H2/b21-14-. The minimum absolute atomic E-state index is 0.0396. The molecule has 0 bridgehead atoms. The molecule has 2 aromatic carbocycles. The van der Waals surface area contributed by atoms with E-state index in [0.29, 0.717) is 49.9 Å². The molecule has 9 heteroatoms. The second-order valence-electron chi connectivity index (χ2n) is 5.97. The Labute approximate surface area is 166 Å². The van der Waals surface area contributed by atoms with Crippen LogP contribution in [0.1, 0.15) is 5.56 Å². The van der Waals surface area contributed by atoms with Gasteiger partial charge in [-0.05, 0) is 30.3 Å². The van der Waals surface area contributed by atoms with Gasteiger partial charge in [0.2, 0.25) is 0 Å². The van der Waals surface area contributed by atoms with E-state index in [1.54, 1.807) is 24.3 Å². The predicted octanol–water partition coefficient (Wildman–Crippen LogP) is 3.71. The lowest BCUT2D eigenvalue weighted by molar-refractivity contribution is -0.384. The number of halogens is 1. The minimum atomic E-state index is -0.387. The fraction of sp³-hybridized carbons (Fsp3) is 0.316. The highest BCUT2D eigenvalue weighted by Crippen LogP contribution is 2.29. The van der Waals surface area contributed by atoms with E-state index in [9.17, 15) is 14.5 Å². The summed E-state index contributed by atoms with van der Waals surface area (Å²) in [5, 5.41) is 15.3. The van der Waals surface area contributed by atoms with Crippen molar-refractivity contribution in [2.45, 2.75) is 4.90 Å². The number of hydrogen-bond acceptors (Lipinski definition) is 7. The van der Waals surface area contributed by atoms with Gasteiger partial charge in [0.05, 0.1) is 24.4 Å². The molecule has 1 heterocycles. The van der Waals surface area contributed by atoms with Gasteiger partial charge in [0, 0.05) is 35.4 Å². The fourth-order valence-corrected chi connectivity index (χ4v) is 3.44. The Kier molecular flexibility index (Phi) is 7.21. The summed E-state index contributed by atoms with van der Waals surface area (Å²) >= 11 is 1.53. The van der Waals surface area contributed by atoms with Crippen LogP contribution < -0.4 is 4.90 Å². The van der Waals surface area contributed by atoms with E-state index in [4.69, 9.17) is 9.57 Å². The Morgan fingerprint density at radius 1 is 1.25 bits per heavy atom. The molecular weight excluding hydrogens is 385 g/mol. The van der Waals surface area contributed by atoms with Crippen LogP contribution in [-0.4, -0.2) is 49.8 Å². The Morgan fingerprint density at radius 2 is 2.00 bits per heavy atom. The number of nitro benzene ring substituents is 1. The molecule has 1 aliphatic rings. The lowest BCUT2D eigenvalue weighted by Gasteiger charge is -2.28. The van der Waals surface area contributed by atoms with Crippen LogP contribution in [-0.2, 0) is 9.57 Å². The van der Waals surface area contributed by atoms with Crippen molar-refractivity contribution in [3.8, 4) is 0 Å². The summed E-state index contributed by atoms with van der Waals surface area (Å²) in [6.45, 7) is 2.74. The van der Waals surface area contributed by atoms with Crippen LogP contribution in [0.2, 0.25) is 0 Å². The average Bonchev–Trinajstić information content (AvgIpc) is 2.72. The molecule has 148 valence electrons. The van der Waals surface area contributed by atoms with Crippen LogP contribution in [0, 0.1) is 15.9 Å². The molecule has 0 N–H and O–H groups in total. The molecule has 2 aromatic rings.